The van der Waals surface area contributed by atoms with Gasteiger partial charge in [0.15, 0.2) is 0 Å². The highest BCUT2D eigenvalue weighted by molar-refractivity contribution is 5.98. The van der Waals surface area contributed by atoms with Crippen molar-refractivity contribution in [2.24, 2.45) is 0 Å². The van der Waals surface area contributed by atoms with E-state index in [1.807, 2.05) is 12.1 Å². The minimum absolute atomic E-state index is 0.0646. The fourth-order valence-corrected chi connectivity index (χ4v) is 3.25. The number of nitrogens with one attached hydrogen (secondary N) is 4. The Balaban J connectivity index is 1.55. The first-order valence-corrected chi connectivity index (χ1v) is 11.0. The second-order valence-corrected chi connectivity index (χ2v) is 7.81. The van der Waals surface area contributed by atoms with E-state index in [4.69, 9.17) is 9.94 Å². The normalized spacial score (nSPS) is 12.1. The summed E-state index contributed by atoms with van der Waals surface area (Å²) < 4.78 is 5.00. The second kappa shape index (κ2) is 12.3. The maximum atomic E-state index is 12.4. The Labute approximate surface area is 207 Å². The van der Waals surface area contributed by atoms with E-state index in [9.17, 15) is 19.5 Å². The molecule has 3 rings (SSSR count). The van der Waals surface area contributed by atoms with E-state index in [1.54, 1.807) is 54.7 Å². The first kappa shape index (κ1) is 26.1. The van der Waals surface area contributed by atoms with Crippen molar-refractivity contribution < 1.29 is 29.4 Å². The molecule has 0 spiro atoms. The largest absolute Gasteiger partial charge is 0.481 e. The van der Waals surface area contributed by atoms with Crippen LogP contribution in [0.1, 0.15) is 17.3 Å². The van der Waals surface area contributed by atoms with Crippen LogP contribution in [0.3, 0.4) is 0 Å². The lowest BCUT2D eigenvalue weighted by atomic mass is 10.0. The number of aliphatic hydroxyl groups is 1. The molecule has 188 valence electrons. The van der Waals surface area contributed by atoms with E-state index in [-0.39, 0.29) is 18.0 Å². The van der Waals surface area contributed by atoms with Crippen LogP contribution in [-0.4, -0.2) is 58.8 Å². The van der Waals surface area contributed by atoms with Gasteiger partial charge in [-0.05, 0) is 48.4 Å². The summed E-state index contributed by atoms with van der Waals surface area (Å²) in [5.74, 6) is -1.23. The van der Waals surface area contributed by atoms with Crippen LogP contribution in [0.25, 0.3) is 11.1 Å². The van der Waals surface area contributed by atoms with Crippen molar-refractivity contribution in [3.05, 3.63) is 72.4 Å². The van der Waals surface area contributed by atoms with Crippen LogP contribution in [0.15, 0.2) is 66.9 Å². The first-order valence-electron chi connectivity index (χ1n) is 11.0. The third kappa shape index (κ3) is 7.01. The molecular formula is C25H27N5O6. The molecule has 3 aromatic rings. The van der Waals surface area contributed by atoms with Crippen molar-refractivity contribution in [1.29, 1.82) is 0 Å². The molecule has 36 heavy (non-hydrogen) atoms. The number of nitrogens with zero attached hydrogens (tertiary/aromatic N) is 1. The number of carbonyl (C=O) groups excluding carboxylic acids is 3. The van der Waals surface area contributed by atoms with Crippen molar-refractivity contribution in [2.75, 3.05) is 24.3 Å². The fourth-order valence-electron chi connectivity index (χ4n) is 3.25. The van der Waals surface area contributed by atoms with E-state index < -0.39 is 24.0 Å². The van der Waals surface area contributed by atoms with E-state index in [1.165, 1.54) is 19.5 Å². The molecular weight excluding hydrogens is 466 g/mol. The standard InChI is InChI=1S/C25H27N5O6/c1-15(31)23(25(34)30-35)29-24(33)18-5-3-16(4-6-18)17-7-9-19(10-8-17)28-21(32)14-26-20-11-12-22(36-2)27-13-20/h3-13,15,23,26,31,35H,14H2,1-2H3,(H,28,32)(H,29,33)(H,30,34)/t15-,23+/m1/s1. The molecule has 2 aromatic carbocycles. The number of hydrogen-bond donors (Lipinski definition) is 6. The number of methoxy groups -OCH3 is 1. The Hall–Kier alpha value is -4.48. The van der Waals surface area contributed by atoms with Gasteiger partial charge in [-0.3, -0.25) is 19.6 Å². The number of carbonyl (C=O) groups is 3. The number of amides is 3. The Morgan fingerprint density at radius 1 is 0.944 bits per heavy atom. The lowest BCUT2D eigenvalue weighted by Gasteiger charge is -2.19. The van der Waals surface area contributed by atoms with Gasteiger partial charge in [-0.2, -0.15) is 0 Å². The molecule has 0 saturated heterocycles. The van der Waals surface area contributed by atoms with Crippen LogP contribution in [0.4, 0.5) is 11.4 Å². The molecule has 3 amide bonds. The Morgan fingerprint density at radius 2 is 1.56 bits per heavy atom. The number of benzene rings is 2. The van der Waals surface area contributed by atoms with Gasteiger partial charge in [0.25, 0.3) is 11.8 Å². The number of aliphatic hydroxyl groups excluding tert-OH is 1. The summed E-state index contributed by atoms with van der Waals surface area (Å²) in [7, 11) is 1.53. The van der Waals surface area contributed by atoms with Gasteiger partial charge < -0.3 is 25.8 Å². The Kier molecular flexibility index (Phi) is 8.92. The lowest BCUT2D eigenvalue weighted by molar-refractivity contribution is -0.133. The highest BCUT2D eigenvalue weighted by Crippen LogP contribution is 2.22. The molecule has 0 aliphatic heterocycles. The number of anilines is 2. The van der Waals surface area contributed by atoms with Gasteiger partial charge in [-0.25, -0.2) is 10.5 Å². The van der Waals surface area contributed by atoms with Gasteiger partial charge >= 0.3 is 0 Å². The maximum Gasteiger partial charge on any atom is 0.268 e. The van der Waals surface area contributed by atoms with E-state index >= 15 is 0 Å². The molecule has 11 heteroatoms. The fraction of sp³-hybridized carbons (Fsp3) is 0.200. The monoisotopic (exact) mass is 493 g/mol. The first-order chi connectivity index (χ1) is 17.3. The molecule has 0 aliphatic rings. The Morgan fingerprint density at radius 3 is 2.08 bits per heavy atom. The second-order valence-electron chi connectivity index (χ2n) is 7.81. The molecule has 2 atom stereocenters. The van der Waals surface area contributed by atoms with Crippen molar-refractivity contribution in [3.8, 4) is 17.0 Å². The molecule has 0 saturated carbocycles. The third-order valence-electron chi connectivity index (χ3n) is 5.21. The summed E-state index contributed by atoms with van der Waals surface area (Å²) in [6.45, 7) is 1.39. The molecule has 1 heterocycles. The quantitative estimate of drug-likeness (QED) is 0.184. The van der Waals surface area contributed by atoms with Crippen LogP contribution in [0, 0.1) is 0 Å². The zero-order valence-corrected chi connectivity index (χ0v) is 19.7. The highest BCUT2D eigenvalue weighted by atomic mass is 16.5. The summed E-state index contributed by atoms with van der Waals surface area (Å²) in [6, 6.07) is 16.0. The SMILES string of the molecule is COc1ccc(NCC(=O)Nc2ccc(-c3ccc(C(=O)N[C@H](C(=O)NO)[C@@H](C)O)cc3)cc2)cn1. The topological polar surface area (TPSA) is 162 Å². The van der Waals surface area contributed by atoms with Crippen LogP contribution >= 0.6 is 0 Å². The smallest absolute Gasteiger partial charge is 0.268 e. The molecule has 0 unspecified atom stereocenters. The number of hydroxylamine groups is 1. The number of ether oxygens (including phenoxy) is 1. The minimum atomic E-state index is -1.30. The number of pyridine rings is 1. The third-order valence-corrected chi connectivity index (χ3v) is 5.21. The van der Waals surface area contributed by atoms with Crippen LogP contribution in [-0.2, 0) is 9.59 Å². The maximum absolute atomic E-state index is 12.4. The van der Waals surface area contributed by atoms with Crippen LogP contribution in [0.5, 0.6) is 5.88 Å². The minimum Gasteiger partial charge on any atom is -0.481 e. The van der Waals surface area contributed by atoms with Gasteiger partial charge in [-0.15, -0.1) is 0 Å². The van der Waals surface area contributed by atoms with E-state index in [2.05, 4.69) is 20.9 Å². The predicted molar refractivity (Wildman–Crippen MR) is 133 cm³/mol. The zero-order chi connectivity index (χ0) is 26.1. The van der Waals surface area contributed by atoms with Crippen LogP contribution < -0.4 is 26.2 Å². The predicted octanol–water partition coefficient (Wildman–Crippen LogP) is 1.79. The zero-order valence-electron chi connectivity index (χ0n) is 19.7. The molecule has 11 nitrogen and oxygen atoms in total. The average Bonchev–Trinajstić information content (AvgIpc) is 2.90. The highest BCUT2D eigenvalue weighted by Gasteiger charge is 2.25. The van der Waals surface area contributed by atoms with Crippen molar-refractivity contribution in [1.82, 2.24) is 15.8 Å². The molecule has 0 bridgehead atoms. The molecule has 0 aliphatic carbocycles. The number of hydrogen-bond acceptors (Lipinski definition) is 8. The summed E-state index contributed by atoms with van der Waals surface area (Å²) in [5, 5.41) is 26.6. The van der Waals surface area contributed by atoms with Crippen LogP contribution in [0.2, 0.25) is 0 Å². The lowest BCUT2D eigenvalue weighted by Crippen LogP contribution is -2.51. The van der Waals surface area contributed by atoms with Crippen molar-refractivity contribution >= 4 is 29.1 Å². The summed E-state index contributed by atoms with van der Waals surface area (Å²) in [5.41, 5.74) is 4.71. The summed E-state index contributed by atoms with van der Waals surface area (Å²) >= 11 is 0. The van der Waals surface area contributed by atoms with E-state index in [0.717, 1.165) is 11.1 Å². The van der Waals surface area contributed by atoms with Crippen molar-refractivity contribution in [2.45, 2.75) is 19.1 Å². The van der Waals surface area contributed by atoms with Gasteiger partial charge in [0.1, 0.15) is 6.04 Å². The molecule has 1 aromatic heterocycles. The van der Waals surface area contributed by atoms with Gasteiger partial charge in [0.2, 0.25) is 11.8 Å². The Bertz CT molecular complexity index is 1180. The molecule has 6 N–H and O–H groups in total. The van der Waals surface area contributed by atoms with Crippen molar-refractivity contribution in [3.63, 3.8) is 0 Å². The van der Waals surface area contributed by atoms with Gasteiger partial charge in [0.05, 0.1) is 31.6 Å². The summed E-state index contributed by atoms with van der Waals surface area (Å²) in [6.07, 6.45) is 0.377. The summed E-state index contributed by atoms with van der Waals surface area (Å²) in [4.78, 5) is 40.3. The van der Waals surface area contributed by atoms with Gasteiger partial charge in [-0.1, -0.05) is 24.3 Å². The average molecular weight is 494 g/mol. The molecule has 0 radical (unpaired) electrons. The number of aromatic nitrogens is 1. The molecule has 0 fully saturated rings. The number of rotatable bonds is 10. The van der Waals surface area contributed by atoms with Gasteiger partial charge in [0, 0.05) is 17.3 Å². The van der Waals surface area contributed by atoms with E-state index in [0.29, 0.717) is 17.3 Å².